The second-order valence-corrected chi connectivity index (χ2v) is 4.97. The van der Waals surface area contributed by atoms with Crippen molar-refractivity contribution in [3.8, 4) is 0 Å². The second-order valence-electron chi connectivity index (χ2n) is 4.97. The molecule has 1 fully saturated rings. The van der Waals surface area contributed by atoms with Gasteiger partial charge in [0.1, 0.15) is 0 Å². The Kier molecular flexibility index (Phi) is 5.41. The van der Waals surface area contributed by atoms with Crippen LogP contribution in [0.15, 0.2) is 0 Å². The maximum atomic E-state index is 11.6. The zero-order chi connectivity index (χ0) is 12.8. The number of aliphatic carboxylic acids is 1. The maximum absolute atomic E-state index is 11.6. The van der Waals surface area contributed by atoms with Crippen molar-refractivity contribution < 1.29 is 14.7 Å². The van der Waals surface area contributed by atoms with Crippen LogP contribution in [0, 0.1) is 5.92 Å². The summed E-state index contributed by atoms with van der Waals surface area (Å²) in [6.45, 7) is 4.73. The van der Waals surface area contributed by atoms with Gasteiger partial charge in [-0.05, 0) is 19.3 Å². The highest BCUT2D eigenvalue weighted by Crippen LogP contribution is 2.25. The summed E-state index contributed by atoms with van der Waals surface area (Å²) in [6.07, 6.45) is 2.47. The number of hydrogen-bond acceptors (Lipinski definition) is 3. The number of nitrogens with one attached hydrogen (secondary N) is 2. The fourth-order valence-corrected chi connectivity index (χ4v) is 2.11. The summed E-state index contributed by atoms with van der Waals surface area (Å²) >= 11 is 0. The molecule has 3 N–H and O–H groups in total. The molecule has 1 amide bonds. The molecule has 2 atom stereocenters. The van der Waals surface area contributed by atoms with Crippen LogP contribution < -0.4 is 10.6 Å². The molecule has 1 saturated carbocycles. The largest absolute Gasteiger partial charge is 0.481 e. The van der Waals surface area contributed by atoms with Gasteiger partial charge < -0.3 is 15.7 Å². The van der Waals surface area contributed by atoms with Gasteiger partial charge in [0.15, 0.2) is 0 Å². The van der Waals surface area contributed by atoms with Gasteiger partial charge in [0.05, 0.1) is 5.92 Å². The third kappa shape index (κ3) is 5.17. The first-order valence-electron chi connectivity index (χ1n) is 6.24. The fraction of sp³-hybridized carbons (Fsp3) is 0.833. The van der Waals surface area contributed by atoms with Gasteiger partial charge in [-0.15, -0.1) is 0 Å². The van der Waals surface area contributed by atoms with Gasteiger partial charge in [-0.2, -0.15) is 0 Å². The highest BCUT2D eigenvalue weighted by molar-refractivity contribution is 5.77. The number of carboxylic acid groups (broad SMARTS) is 1. The van der Waals surface area contributed by atoms with E-state index in [1.165, 1.54) is 0 Å². The van der Waals surface area contributed by atoms with Crippen LogP contribution in [0.3, 0.4) is 0 Å². The molecule has 0 saturated heterocycles. The van der Waals surface area contributed by atoms with E-state index in [1.54, 1.807) is 0 Å². The molecule has 0 aromatic carbocycles. The Bertz CT molecular complexity index is 279. The molecule has 0 bridgehead atoms. The number of amides is 1. The molecular weight excluding hydrogens is 220 g/mol. The normalized spacial score (nSPS) is 23.9. The molecule has 1 aliphatic rings. The standard InChI is InChI=1S/C12H22N2O3/c1-8(2)13-6-5-11(15)14-10-4-3-9(7-10)12(16)17/h8-10,13H,3-7H2,1-2H3,(H,14,15)(H,16,17). The van der Waals surface area contributed by atoms with E-state index in [9.17, 15) is 9.59 Å². The SMILES string of the molecule is CC(C)NCCC(=O)NC1CCC(C(=O)O)C1. The van der Waals surface area contributed by atoms with Gasteiger partial charge in [0, 0.05) is 25.0 Å². The summed E-state index contributed by atoms with van der Waals surface area (Å²) in [6, 6.07) is 0.424. The number of hydrogen-bond donors (Lipinski definition) is 3. The molecular formula is C12H22N2O3. The number of rotatable bonds is 6. The monoisotopic (exact) mass is 242 g/mol. The minimum atomic E-state index is -0.747. The van der Waals surface area contributed by atoms with Crippen molar-refractivity contribution in [2.75, 3.05) is 6.54 Å². The van der Waals surface area contributed by atoms with Crippen molar-refractivity contribution in [3.05, 3.63) is 0 Å². The third-order valence-corrected chi connectivity index (χ3v) is 3.05. The van der Waals surface area contributed by atoms with Gasteiger partial charge >= 0.3 is 5.97 Å². The van der Waals surface area contributed by atoms with Crippen molar-refractivity contribution in [1.29, 1.82) is 0 Å². The predicted molar refractivity (Wildman–Crippen MR) is 64.7 cm³/mol. The maximum Gasteiger partial charge on any atom is 0.306 e. The smallest absolute Gasteiger partial charge is 0.306 e. The Morgan fingerprint density at radius 2 is 2.06 bits per heavy atom. The van der Waals surface area contributed by atoms with E-state index in [0.29, 0.717) is 31.8 Å². The minimum absolute atomic E-state index is 0.00851. The Morgan fingerprint density at radius 1 is 1.35 bits per heavy atom. The molecule has 0 aromatic heterocycles. The molecule has 1 rings (SSSR count). The van der Waals surface area contributed by atoms with Crippen LogP contribution in [0.2, 0.25) is 0 Å². The van der Waals surface area contributed by atoms with E-state index >= 15 is 0 Å². The summed E-state index contributed by atoms with van der Waals surface area (Å²) in [5, 5.41) is 14.9. The third-order valence-electron chi connectivity index (χ3n) is 3.05. The molecule has 5 nitrogen and oxygen atoms in total. The quantitative estimate of drug-likeness (QED) is 0.642. The molecule has 5 heteroatoms. The first-order valence-corrected chi connectivity index (χ1v) is 6.24. The Balaban J connectivity index is 2.17. The lowest BCUT2D eigenvalue weighted by atomic mass is 10.1. The molecule has 0 aromatic rings. The van der Waals surface area contributed by atoms with E-state index in [-0.39, 0.29) is 17.9 Å². The van der Waals surface area contributed by atoms with E-state index in [2.05, 4.69) is 10.6 Å². The summed E-state index contributed by atoms with van der Waals surface area (Å²) in [5.74, 6) is -1.02. The number of carbonyl (C=O) groups excluding carboxylic acids is 1. The molecule has 0 radical (unpaired) electrons. The molecule has 0 aliphatic heterocycles. The van der Waals surface area contributed by atoms with Crippen molar-refractivity contribution in [1.82, 2.24) is 10.6 Å². The van der Waals surface area contributed by atoms with Crippen LogP contribution in [0.1, 0.15) is 39.5 Å². The van der Waals surface area contributed by atoms with Crippen molar-refractivity contribution >= 4 is 11.9 Å². The van der Waals surface area contributed by atoms with Crippen LogP contribution in [-0.2, 0) is 9.59 Å². The predicted octanol–water partition coefficient (Wildman–Crippen LogP) is 0.744. The van der Waals surface area contributed by atoms with Gasteiger partial charge in [0.2, 0.25) is 5.91 Å². The molecule has 17 heavy (non-hydrogen) atoms. The zero-order valence-corrected chi connectivity index (χ0v) is 10.5. The van der Waals surface area contributed by atoms with Crippen LogP contribution >= 0.6 is 0 Å². The van der Waals surface area contributed by atoms with Crippen LogP contribution in [0.4, 0.5) is 0 Å². The van der Waals surface area contributed by atoms with E-state index in [0.717, 1.165) is 6.42 Å². The highest BCUT2D eigenvalue weighted by Gasteiger charge is 2.30. The lowest BCUT2D eigenvalue weighted by Gasteiger charge is -2.13. The molecule has 0 spiro atoms. The Labute approximate surface area is 102 Å². The first-order chi connectivity index (χ1) is 7.99. The average Bonchev–Trinajstić information content (AvgIpc) is 2.65. The van der Waals surface area contributed by atoms with Crippen molar-refractivity contribution in [2.24, 2.45) is 5.92 Å². The second kappa shape index (κ2) is 6.59. The Morgan fingerprint density at radius 3 is 2.59 bits per heavy atom. The van der Waals surface area contributed by atoms with Gasteiger partial charge in [-0.1, -0.05) is 13.8 Å². The molecule has 2 unspecified atom stereocenters. The molecule has 0 heterocycles. The van der Waals surface area contributed by atoms with E-state index in [1.807, 2.05) is 13.8 Å². The van der Waals surface area contributed by atoms with Gasteiger partial charge in [-0.25, -0.2) is 0 Å². The van der Waals surface area contributed by atoms with E-state index < -0.39 is 5.97 Å². The zero-order valence-electron chi connectivity index (χ0n) is 10.5. The summed E-state index contributed by atoms with van der Waals surface area (Å²) in [4.78, 5) is 22.3. The molecule has 1 aliphatic carbocycles. The summed E-state index contributed by atoms with van der Waals surface area (Å²) in [5.41, 5.74) is 0. The lowest BCUT2D eigenvalue weighted by Crippen LogP contribution is -2.36. The summed E-state index contributed by atoms with van der Waals surface area (Å²) in [7, 11) is 0. The fourth-order valence-electron chi connectivity index (χ4n) is 2.11. The highest BCUT2D eigenvalue weighted by atomic mass is 16.4. The summed E-state index contributed by atoms with van der Waals surface area (Å²) < 4.78 is 0. The van der Waals surface area contributed by atoms with Gasteiger partial charge in [-0.3, -0.25) is 9.59 Å². The average molecular weight is 242 g/mol. The van der Waals surface area contributed by atoms with Crippen LogP contribution in [0.25, 0.3) is 0 Å². The topological polar surface area (TPSA) is 78.4 Å². The lowest BCUT2D eigenvalue weighted by molar-refractivity contribution is -0.141. The van der Waals surface area contributed by atoms with E-state index in [4.69, 9.17) is 5.11 Å². The number of carbonyl (C=O) groups is 2. The molecule has 98 valence electrons. The number of carboxylic acids is 1. The minimum Gasteiger partial charge on any atom is -0.481 e. The first kappa shape index (κ1) is 14.0. The van der Waals surface area contributed by atoms with Crippen LogP contribution in [-0.4, -0.2) is 35.6 Å². The van der Waals surface area contributed by atoms with Crippen LogP contribution in [0.5, 0.6) is 0 Å². The Hall–Kier alpha value is -1.10. The van der Waals surface area contributed by atoms with Crippen molar-refractivity contribution in [2.45, 2.75) is 51.6 Å². The van der Waals surface area contributed by atoms with Gasteiger partial charge in [0.25, 0.3) is 0 Å². The van der Waals surface area contributed by atoms with Crippen molar-refractivity contribution in [3.63, 3.8) is 0 Å².